The summed E-state index contributed by atoms with van der Waals surface area (Å²) in [5, 5.41) is 21.4. The predicted molar refractivity (Wildman–Crippen MR) is 116 cm³/mol. The number of nitrogens with zero attached hydrogens (tertiary/aromatic N) is 1. The Hall–Kier alpha value is -3.30. The fourth-order valence-electron chi connectivity index (χ4n) is 3.11. The van der Waals surface area contributed by atoms with Crippen LogP contribution in [-0.4, -0.2) is 59.8 Å². The highest BCUT2D eigenvalue weighted by Gasteiger charge is 2.34. The highest BCUT2D eigenvalue weighted by molar-refractivity contribution is 7.98. The molecule has 1 aliphatic heterocycles. The quantitative estimate of drug-likeness (QED) is 0.400. The summed E-state index contributed by atoms with van der Waals surface area (Å²) < 4.78 is 4.77. The van der Waals surface area contributed by atoms with Crippen molar-refractivity contribution < 1.29 is 29.3 Å². The van der Waals surface area contributed by atoms with Crippen LogP contribution >= 0.6 is 11.8 Å². The number of methoxy groups -OCH3 is 1. The van der Waals surface area contributed by atoms with Crippen LogP contribution in [0.1, 0.15) is 15.9 Å². The lowest BCUT2D eigenvalue weighted by Crippen LogP contribution is -2.31. The van der Waals surface area contributed by atoms with Crippen molar-refractivity contribution in [3.63, 3.8) is 0 Å². The molecule has 0 unspecified atom stereocenters. The van der Waals surface area contributed by atoms with E-state index in [4.69, 9.17) is 9.84 Å². The maximum Gasteiger partial charge on any atom is 0.337 e. The average molecular weight is 442 g/mol. The van der Waals surface area contributed by atoms with E-state index in [9.17, 15) is 19.5 Å². The molecular weight excluding hydrogens is 420 g/mol. The van der Waals surface area contributed by atoms with Crippen LogP contribution in [0.5, 0.6) is 0 Å². The number of aliphatic hydroxyl groups excluding tert-OH is 1. The Labute approximate surface area is 183 Å². The van der Waals surface area contributed by atoms with Crippen molar-refractivity contribution in [2.24, 2.45) is 0 Å². The normalized spacial score (nSPS) is 13.5. The fraction of sp³-hybridized carbons (Fsp3) is 0.227. The Morgan fingerprint density at radius 1 is 1.16 bits per heavy atom. The molecule has 2 aromatic carbocycles. The number of nitrogens with one attached hydrogen (secondary N) is 1. The van der Waals surface area contributed by atoms with Gasteiger partial charge in [-0.25, -0.2) is 9.59 Å². The fourth-order valence-corrected chi connectivity index (χ4v) is 4.11. The number of β-amino-alcohol motifs (C(OH)–C–C–N with tert-alkyl or cyclic N) is 1. The number of thioether (sulfide) groups is 1. The summed E-state index contributed by atoms with van der Waals surface area (Å²) >= 11 is 1.42. The van der Waals surface area contributed by atoms with E-state index in [1.165, 1.54) is 23.8 Å². The minimum atomic E-state index is -0.964. The largest absolute Gasteiger partial charge is 0.478 e. The average Bonchev–Trinajstić information content (AvgIpc) is 3.08. The van der Waals surface area contributed by atoms with Gasteiger partial charge in [-0.2, -0.15) is 0 Å². The second kappa shape index (κ2) is 10.1. The number of aromatic carboxylic acids is 1. The first-order valence-electron chi connectivity index (χ1n) is 9.47. The molecule has 162 valence electrons. The zero-order chi connectivity index (χ0) is 22.4. The van der Waals surface area contributed by atoms with Crippen molar-refractivity contribution >= 4 is 35.3 Å². The first kappa shape index (κ1) is 22.4. The number of benzene rings is 2. The predicted octanol–water partition coefficient (Wildman–Crippen LogP) is 2.35. The van der Waals surface area contributed by atoms with Gasteiger partial charge in [0.25, 0.3) is 5.91 Å². The zero-order valence-corrected chi connectivity index (χ0v) is 17.6. The molecule has 2 aromatic rings. The van der Waals surface area contributed by atoms with Gasteiger partial charge in [-0.1, -0.05) is 24.3 Å². The number of hydrogen-bond donors (Lipinski definition) is 3. The zero-order valence-electron chi connectivity index (χ0n) is 16.8. The van der Waals surface area contributed by atoms with Crippen LogP contribution in [0.4, 0.5) is 5.69 Å². The molecule has 8 nitrogen and oxygen atoms in total. The van der Waals surface area contributed by atoms with Crippen molar-refractivity contribution in [2.45, 2.75) is 10.6 Å². The van der Waals surface area contributed by atoms with E-state index in [1.54, 1.807) is 36.4 Å². The van der Waals surface area contributed by atoms with Crippen molar-refractivity contribution in [1.82, 2.24) is 4.90 Å². The van der Waals surface area contributed by atoms with E-state index in [2.05, 4.69) is 5.32 Å². The number of carbonyl (C=O) groups excluding carboxylic acids is 2. The number of carboxylic acids is 1. The highest BCUT2D eigenvalue weighted by atomic mass is 32.2. The third-order valence-corrected chi connectivity index (χ3v) is 5.83. The summed E-state index contributed by atoms with van der Waals surface area (Å²) in [5.74, 6) is -1.36. The van der Waals surface area contributed by atoms with Gasteiger partial charge in [0.05, 0.1) is 31.4 Å². The van der Waals surface area contributed by atoms with Gasteiger partial charge in [-0.05, 0) is 29.8 Å². The SMILES string of the molecule is COC(=O)C1=C(Nc2ccc(CSc3ccccc3C(=O)O)cc2)C(=O)N(CCO)C1. The van der Waals surface area contributed by atoms with Crippen LogP contribution < -0.4 is 5.32 Å². The van der Waals surface area contributed by atoms with Crippen LogP contribution in [0.25, 0.3) is 0 Å². The molecule has 0 spiro atoms. The minimum absolute atomic E-state index is 0.0755. The van der Waals surface area contributed by atoms with E-state index in [1.807, 2.05) is 12.1 Å². The second-order valence-corrected chi connectivity index (χ2v) is 7.72. The molecular formula is C22H22N2O6S. The molecule has 9 heteroatoms. The van der Waals surface area contributed by atoms with Crippen LogP contribution in [0.15, 0.2) is 64.7 Å². The van der Waals surface area contributed by atoms with Crippen molar-refractivity contribution in [3.8, 4) is 0 Å². The smallest absolute Gasteiger partial charge is 0.337 e. The van der Waals surface area contributed by atoms with Gasteiger partial charge >= 0.3 is 11.9 Å². The third-order valence-electron chi connectivity index (χ3n) is 4.69. The van der Waals surface area contributed by atoms with Gasteiger partial charge in [-0.3, -0.25) is 4.79 Å². The number of amides is 1. The summed E-state index contributed by atoms with van der Waals surface area (Å²) in [5.41, 5.74) is 2.21. The van der Waals surface area contributed by atoms with Crippen molar-refractivity contribution in [3.05, 3.63) is 70.9 Å². The summed E-state index contributed by atoms with van der Waals surface area (Å²) in [6.07, 6.45) is 0. The summed E-state index contributed by atoms with van der Waals surface area (Å²) in [6, 6.07) is 14.1. The Kier molecular flexibility index (Phi) is 7.32. The Balaban J connectivity index is 1.70. The lowest BCUT2D eigenvalue weighted by molar-refractivity contribution is -0.136. The highest BCUT2D eigenvalue weighted by Crippen LogP contribution is 2.28. The van der Waals surface area contributed by atoms with Gasteiger partial charge in [0, 0.05) is 22.9 Å². The van der Waals surface area contributed by atoms with Crippen LogP contribution in [0.3, 0.4) is 0 Å². The number of esters is 1. The summed E-state index contributed by atoms with van der Waals surface area (Å²) in [6.45, 7) is -0.00453. The summed E-state index contributed by atoms with van der Waals surface area (Å²) in [4.78, 5) is 38.0. The molecule has 1 aliphatic rings. The monoisotopic (exact) mass is 442 g/mol. The molecule has 0 saturated carbocycles. The van der Waals surface area contributed by atoms with Crippen molar-refractivity contribution in [1.29, 1.82) is 0 Å². The topological polar surface area (TPSA) is 116 Å². The number of ether oxygens (including phenoxy) is 1. The van der Waals surface area contributed by atoms with E-state index < -0.39 is 11.9 Å². The van der Waals surface area contributed by atoms with Crippen LogP contribution in [0, 0.1) is 0 Å². The Bertz CT molecular complexity index is 1020. The van der Waals surface area contributed by atoms with Gasteiger partial charge in [0.1, 0.15) is 5.70 Å². The molecule has 31 heavy (non-hydrogen) atoms. The first-order valence-corrected chi connectivity index (χ1v) is 10.5. The number of anilines is 1. The Morgan fingerprint density at radius 3 is 2.52 bits per heavy atom. The minimum Gasteiger partial charge on any atom is -0.478 e. The molecule has 0 aromatic heterocycles. The number of rotatable bonds is 9. The first-order chi connectivity index (χ1) is 14.9. The third kappa shape index (κ3) is 5.25. The molecule has 3 N–H and O–H groups in total. The van der Waals surface area contributed by atoms with E-state index in [-0.39, 0.29) is 42.4 Å². The van der Waals surface area contributed by atoms with E-state index >= 15 is 0 Å². The molecule has 1 heterocycles. The summed E-state index contributed by atoms with van der Waals surface area (Å²) in [7, 11) is 1.25. The molecule has 0 atom stereocenters. The van der Waals surface area contributed by atoms with Crippen LogP contribution in [-0.2, 0) is 20.1 Å². The van der Waals surface area contributed by atoms with Crippen molar-refractivity contribution in [2.75, 3.05) is 32.1 Å². The van der Waals surface area contributed by atoms with Gasteiger partial charge < -0.3 is 25.2 Å². The molecule has 0 aliphatic carbocycles. The molecule has 1 amide bonds. The second-order valence-electron chi connectivity index (χ2n) is 6.71. The van der Waals surface area contributed by atoms with E-state index in [0.29, 0.717) is 16.3 Å². The van der Waals surface area contributed by atoms with Gasteiger partial charge in [0.2, 0.25) is 0 Å². The van der Waals surface area contributed by atoms with Gasteiger partial charge in [-0.15, -0.1) is 11.8 Å². The maximum absolute atomic E-state index is 12.6. The lowest BCUT2D eigenvalue weighted by atomic mass is 10.2. The molecule has 0 bridgehead atoms. The van der Waals surface area contributed by atoms with Crippen LogP contribution in [0.2, 0.25) is 0 Å². The van der Waals surface area contributed by atoms with Gasteiger partial charge in [0.15, 0.2) is 0 Å². The Morgan fingerprint density at radius 2 is 1.87 bits per heavy atom. The standard InChI is InChI=1S/C22H22N2O6S/c1-30-22(29)17-12-24(10-11-25)20(26)19(17)23-15-8-6-14(7-9-15)13-31-18-5-3-2-4-16(18)21(27)28/h2-9,23,25H,10-13H2,1H3,(H,27,28). The number of carboxylic acid groups (broad SMARTS) is 1. The lowest BCUT2D eigenvalue weighted by Gasteiger charge is -2.15. The van der Waals surface area contributed by atoms with E-state index in [0.717, 1.165) is 5.56 Å². The maximum atomic E-state index is 12.6. The molecule has 3 rings (SSSR count). The number of carbonyl (C=O) groups is 3. The molecule has 0 saturated heterocycles. The number of aliphatic hydroxyl groups is 1. The molecule has 0 radical (unpaired) electrons. The molecule has 0 fully saturated rings. The number of hydrogen-bond acceptors (Lipinski definition) is 7.